The third-order valence-electron chi connectivity index (χ3n) is 7.01. The minimum Gasteiger partial charge on any atom is -0.338 e. The average Bonchev–Trinajstić information content (AvgIpc) is 3.39. The van der Waals surface area contributed by atoms with Gasteiger partial charge < -0.3 is 11.1 Å². The fourth-order valence-corrected chi connectivity index (χ4v) is 6.24. The number of pyridine rings is 1. The van der Waals surface area contributed by atoms with E-state index in [1.807, 2.05) is 11.3 Å². The van der Waals surface area contributed by atoms with Gasteiger partial charge in [-0.1, -0.05) is 82.4 Å². The monoisotopic (exact) mass is 526 g/mol. The highest BCUT2D eigenvalue weighted by molar-refractivity contribution is 7.19. The topological polar surface area (TPSA) is 63.8 Å². The Bertz CT molecular complexity index is 1340. The van der Waals surface area contributed by atoms with Crippen molar-refractivity contribution in [3.8, 4) is 11.8 Å². The Morgan fingerprint density at radius 2 is 1.58 bits per heavy atom. The van der Waals surface area contributed by atoms with Crippen molar-refractivity contribution in [3.63, 3.8) is 0 Å². The zero-order chi connectivity index (χ0) is 26.6. The number of hydrogen-bond donors (Lipinski definition) is 2. The molecule has 2 aromatic carbocycles. The minimum atomic E-state index is 0.517. The van der Waals surface area contributed by atoms with Crippen LogP contribution in [0.25, 0.3) is 21.1 Å². The number of fused-ring (bicyclic) bond motifs is 3. The molecule has 0 saturated heterocycles. The molecular weight excluding hydrogens is 484 g/mol. The molecule has 0 aliphatic carbocycles. The molecule has 0 aliphatic rings. The van der Waals surface area contributed by atoms with Crippen molar-refractivity contribution in [2.45, 2.75) is 90.4 Å². The lowest BCUT2D eigenvalue weighted by Crippen LogP contribution is -1.98. The van der Waals surface area contributed by atoms with Gasteiger partial charge in [0.1, 0.15) is 5.52 Å². The second kappa shape index (κ2) is 14.9. The summed E-state index contributed by atoms with van der Waals surface area (Å²) in [5, 5.41) is 5.99. The molecule has 0 spiro atoms. The summed E-state index contributed by atoms with van der Waals surface area (Å²) in [6, 6.07) is 16.8. The highest BCUT2D eigenvalue weighted by atomic mass is 32.1. The fourth-order valence-electron chi connectivity index (χ4n) is 4.97. The average molecular weight is 527 g/mol. The molecule has 0 radical (unpaired) electrons. The number of benzene rings is 2. The Labute approximate surface area is 232 Å². The predicted molar refractivity (Wildman–Crippen MR) is 165 cm³/mol. The molecule has 0 unspecified atom stereocenters. The number of aromatic nitrogens is 2. The molecule has 5 heteroatoms. The molecule has 0 atom stereocenters. The first kappa shape index (κ1) is 28.1. The first-order chi connectivity index (χ1) is 18.7. The van der Waals surface area contributed by atoms with Crippen LogP contribution in [0.5, 0.6) is 0 Å². The van der Waals surface area contributed by atoms with Crippen LogP contribution in [0.1, 0.15) is 101 Å². The quantitative estimate of drug-likeness (QED) is 0.127. The predicted octanol–water partition coefficient (Wildman–Crippen LogP) is 9.31. The van der Waals surface area contributed by atoms with Gasteiger partial charge in [0.05, 0.1) is 15.2 Å². The van der Waals surface area contributed by atoms with Crippen LogP contribution in [0.4, 0.5) is 11.5 Å². The van der Waals surface area contributed by atoms with Gasteiger partial charge in [0.2, 0.25) is 0 Å². The smallest absolute Gasteiger partial charge is 0.158 e. The van der Waals surface area contributed by atoms with Crippen LogP contribution in [0.3, 0.4) is 0 Å². The number of rotatable bonds is 14. The molecule has 4 nitrogen and oxygen atoms in total. The SMILES string of the molecule is CCCC(CCC)c1nc2c(Nc3ccc(C#CCCCCCCCCN)cc3)nc3ccccc3c2s1. The Morgan fingerprint density at radius 1 is 0.868 bits per heavy atom. The molecule has 0 saturated carbocycles. The number of hydrogen-bond acceptors (Lipinski definition) is 5. The van der Waals surface area contributed by atoms with E-state index >= 15 is 0 Å². The maximum Gasteiger partial charge on any atom is 0.158 e. The van der Waals surface area contributed by atoms with Crippen LogP contribution >= 0.6 is 11.3 Å². The van der Waals surface area contributed by atoms with E-state index in [0.717, 1.165) is 47.5 Å². The van der Waals surface area contributed by atoms with Gasteiger partial charge in [0.15, 0.2) is 5.82 Å². The number of anilines is 2. The van der Waals surface area contributed by atoms with Gasteiger partial charge in [-0.3, -0.25) is 0 Å². The van der Waals surface area contributed by atoms with Crippen molar-refractivity contribution in [1.82, 2.24) is 9.97 Å². The van der Waals surface area contributed by atoms with Crippen molar-refractivity contribution < 1.29 is 0 Å². The molecule has 200 valence electrons. The van der Waals surface area contributed by atoms with E-state index in [2.05, 4.69) is 79.5 Å². The molecule has 4 rings (SSSR count). The number of para-hydroxylation sites is 1. The number of thiazole rings is 1. The zero-order valence-electron chi connectivity index (χ0n) is 23.1. The van der Waals surface area contributed by atoms with Crippen LogP contribution in [0.2, 0.25) is 0 Å². The molecule has 4 aromatic rings. The lowest BCUT2D eigenvalue weighted by atomic mass is 9.99. The summed E-state index contributed by atoms with van der Waals surface area (Å²) in [5.41, 5.74) is 9.59. The molecule has 38 heavy (non-hydrogen) atoms. The van der Waals surface area contributed by atoms with E-state index < -0.39 is 0 Å². The van der Waals surface area contributed by atoms with Gasteiger partial charge in [0.25, 0.3) is 0 Å². The van der Waals surface area contributed by atoms with Crippen molar-refractivity contribution in [2.75, 3.05) is 11.9 Å². The van der Waals surface area contributed by atoms with Gasteiger partial charge in [-0.2, -0.15) is 0 Å². The van der Waals surface area contributed by atoms with E-state index in [4.69, 9.17) is 15.7 Å². The van der Waals surface area contributed by atoms with Crippen molar-refractivity contribution in [1.29, 1.82) is 0 Å². The summed E-state index contributed by atoms with van der Waals surface area (Å²) < 4.78 is 1.23. The number of nitrogens with zero attached hydrogens (tertiary/aromatic N) is 2. The summed E-state index contributed by atoms with van der Waals surface area (Å²) in [4.78, 5) is 10.2. The lowest BCUT2D eigenvalue weighted by molar-refractivity contribution is 0.559. The van der Waals surface area contributed by atoms with Crippen LogP contribution in [-0.2, 0) is 0 Å². The fraction of sp³-hybridized carbons (Fsp3) is 0.455. The van der Waals surface area contributed by atoms with Crippen LogP contribution < -0.4 is 11.1 Å². The largest absolute Gasteiger partial charge is 0.338 e. The van der Waals surface area contributed by atoms with E-state index in [-0.39, 0.29) is 0 Å². The lowest BCUT2D eigenvalue weighted by Gasteiger charge is -2.11. The van der Waals surface area contributed by atoms with Gasteiger partial charge in [-0.25, -0.2) is 9.97 Å². The molecule has 0 aliphatic heterocycles. The summed E-state index contributed by atoms with van der Waals surface area (Å²) in [7, 11) is 0. The second-order valence-corrected chi connectivity index (χ2v) is 11.2. The Morgan fingerprint density at radius 3 is 2.32 bits per heavy atom. The Hall–Kier alpha value is -2.94. The van der Waals surface area contributed by atoms with Gasteiger partial charge >= 0.3 is 0 Å². The third-order valence-corrected chi connectivity index (χ3v) is 8.26. The van der Waals surface area contributed by atoms with Crippen molar-refractivity contribution >= 4 is 44.0 Å². The zero-order valence-corrected chi connectivity index (χ0v) is 23.9. The highest BCUT2D eigenvalue weighted by Gasteiger charge is 2.19. The summed E-state index contributed by atoms with van der Waals surface area (Å²) >= 11 is 1.85. The molecule has 2 heterocycles. The first-order valence-electron chi connectivity index (χ1n) is 14.5. The number of nitrogens with one attached hydrogen (secondary N) is 1. The molecule has 0 amide bonds. The molecule has 0 bridgehead atoms. The summed E-state index contributed by atoms with van der Waals surface area (Å²) in [6.45, 7) is 5.34. The van der Waals surface area contributed by atoms with Gasteiger partial charge in [0, 0.05) is 29.0 Å². The molecular formula is C33H42N4S. The van der Waals surface area contributed by atoms with Crippen molar-refractivity contribution in [3.05, 3.63) is 59.1 Å². The third kappa shape index (κ3) is 7.56. The Balaban J connectivity index is 1.47. The number of unbranched alkanes of at least 4 members (excludes halogenated alkanes) is 6. The van der Waals surface area contributed by atoms with Crippen LogP contribution in [-0.4, -0.2) is 16.5 Å². The van der Waals surface area contributed by atoms with Crippen molar-refractivity contribution in [2.24, 2.45) is 5.73 Å². The van der Waals surface area contributed by atoms with E-state index in [9.17, 15) is 0 Å². The van der Waals surface area contributed by atoms with E-state index in [1.54, 1.807) is 0 Å². The molecule has 3 N–H and O–H groups in total. The normalized spacial score (nSPS) is 11.3. The first-order valence-corrected chi connectivity index (χ1v) is 15.3. The van der Waals surface area contributed by atoms with Crippen LogP contribution in [0.15, 0.2) is 48.5 Å². The maximum absolute atomic E-state index is 5.56. The summed E-state index contributed by atoms with van der Waals surface area (Å²) in [6.07, 6.45) is 13.1. The standard InChI is InChI=1S/C33H42N4S/c1-3-15-26(16-4-2)33-37-30-31(38-33)28-18-12-13-19-29(28)36-32(30)35-27-22-20-25(21-23-27)17-11-9-7-5-6-8-10-14-24-34/h12-13,18-23,26H,3-10,14-16,24,34H2,1-2H3,(H,35,36). The maximum atomic E-state index is 5.56. The number of nitrogens with two attached hydrogens (primary N) is 1. The second-order valence-electron chi connectivity index (χ2n) is 10.1. The van der Waals surface area contributed by atoms with Crippen LogP contribution in [0, 0.1) is 11.8 Å². The highest BCUT2D eigenvalue weighted by Crippen LogP contribution is 2.39. The molecule has 2 aromatic heterocycles. The molecule has 0 fully saturated rings. The van der Waals surface area contributed by atoms with E-state index in [1.165, 1.54) is 72.9 Å². The minimum absolute atomic E-state index is 0.517. The van der Waals surface area contributed by atoms with Gasteiger partial charge in [-0.05, 0) is 62.6 Å². The van der Waals surface area contributed by atoms with Gasteiger partial charge in [-0.15, -0.1) is 11.3 Å². The Kier molecular flexibility index (Phi) is 11.0. The summed E-state index contributed by atoms with van der Waals surface area (Å²) in [5.74, 6) is 8.01. The van der Waals surface area contributed by atoms with E-state index in [0.29, 0.717) is 5.92 Å².